The van der Waals surface area contributed by atoms with Crippen molar-refractivity contribution in [3.8, 4) is 29.1 Å². The maximum absolute atomic E-state index is 12.9. The zero-order valence-corrected chi connectivity index (χ0v) is 17.3. The van der Waals surface area contributed by atoms with E-state index in [1.54, 1.807) is 12.1 Å². The summed E-state index contributed by atoms with van der Waals surface area (Å²) in [7, 11) is 4.43. The second-order valence-corrected chi connectivity index (χ2v) is 6.63. The number of Topliss-reactive ketones (excluding diaryl/α,β-unsaturated/α-hetero) is 1. The lowest BCUT2D eigenvalue weighted by molar-refractivity contribution is 0.0512. The van der Waals surface area contributed by atoms with Crippen molar-refractivity contribution in [1.29, 1.82) is 0 Å². The molecule has 150 valence electrons. The molecule has 2 rings (SSSR count). The Labute approximate surface area is 169 Å². The third-order valence-electron chi connectivity index (χ3n) is 3.95. The number of fused-ring (bicyclic) bond motifs is 1. The van der Waals surface area contributed by atoms with Gasteiger partial charge in [-0.15, -0.1) is 0 Å². The highest BCUT2D eigenvalue weighted by Gasteiger charge is 2.25. The van der Waals surface area contributed by atoms with Crippen molar-refractivity contribution in [2.45, 2.75) is 20.5 Å². The molecule has 0 aromatic heterocycles. The summed E-state index contributed by atoms with van der Waals surface area (Å²) in [5, 5.41) is 11.2. The minimum Gasteiger partial charge on any atom is -0.496 e. The van der Waals surface area contributed by atoms with E-state index in [0.717, 1.165) is 0 Å². The number of ketones is 1. The van der Waals surface area contributed by atoms with Crippen LogP contribution in [0.4, 0.5) is 0 Å². The fourth-order valence-corrected chi connectivity index (χ4v) is 3.06. The van der Waals surface area contributed by atoms with E-state index >= 15 is 0 Å². The second kappa shape index (κ2) is 9.65. The van der Waals surface area contributed by atoms with Crippen molar-refractivity contribution in [2.24, 2.45) is 5.92 Å². The molecule has 0 bridgehead atoms. The number of aliphatic hydroxyl groups is 1. The Kier molecular flexibility index (Phi) is 7.53. The number of benzene rings is 2. The molecule has 0 spiro atoms. The Hall–Kier alpha value is -2.46. The van der Waals surface area contributed by atoms with Crippen molar-refractivity contribution in [3.05, 3.63) is 28.3 Å². The smallest absolute Gasteiger partial charge is 0.240 e. The van der Waals surface area contributed by atoms with Gasteiger partial charge >= 0.3 is 0 Å². The van der Waals surface area contributed by atoms with Gasteiger partial charge < -0.3 is 24.1 Å². The van der Waals surface area contributed by atoms with Crippen LogP contribution in [-0.2, 0) is 11.3 Å². The van der Waals surface area contributed by atoms with E-state index in [4.69, 9.17) is 30.5 Å². The molecule has 0 saturated carbocycles. The van der Waals surface area contributed by atoms with Gasteiger partial charge in [0.15, 0.2) is 6.79 Å². The maximum atomic E-state index is 12.9. The van der Waals surface area contributed by atoms with Crippen molar-refractivity contribution in [2.75, 3.05) is 28.1 Å². The number of carbonyl (C=O) groups is 1. The van der Waals surface area contributed by atoms with E-state index in [1.165, 1.54) is 21.3 Å². The van der Waals surface area contributed by atoms with E-state index in [1.807, 2.05) is 13.8 Å². The standard InChI is InChI=1S/C21H23ClO6/c1-12(2)6-7-16(24)18-13(10-23)8-14-17(26-4)9-15(22)20(27-5)19(14)21(18)28-11-25-3/h8-9,12,23H,10-11H2,1-5H3. The Morgan fingerprint density at radius 1 is 1.18 bits per heavy atom. The predicted octanol–water partition coefficient (Wildman–Crippen LogP) is 3.83. The summed E-state index contributed by atoms with van der Waals surface area (Å²) in [6, 6.07) is 3.25. The van der Waals surface area contributed by atoms with Crippen molar-refractivity contribution < 1.29 is 28.8 Å². The van der Waals surface area contributed by atoms with E-state index in [-0.39, 0.29) is 29.0 Å². The third-order valence-corrected chi connectivity index (χ3v) is 4.23. The van der Waals surface area contributed by atoms with Gasteiger partial charge in [-0.05, 0) is 17.6 Å². The van der Waals surface area contributed by atoms with Gasteiger partial charge in [0.1, 0.15) is 17.2 Å². The zero-order valence-electron chi connectivity index (χ0n) is 16.5. The number of halogens is 1. The lowest BCUT2D eigenvalue weighted by atomic mass is 9.95. The van der Waals surface area contributed by atoms with E-state index in [0.29, 0.717) is 27.8 Å². The van der Waals surface area contributed by atoms with Crippen LogP contribution < -0.4 is 14.2 Å². The van der Waals surface area contributed by atoms with E-state index in [2.05, 4.69) is 11.8 Å². The highest BCUT2D eigenvalue weighted by atomic mass is 35.5. The van der Waals surface area contributed by atoms with Gasteiger partial charge in [0.05, 0.1) is 36.8 Å². The molecule has 2 aromatic carbocycles. The Morgan fingerprint density at radius 3 is 2.43 bits per heavy atom. The van der Waals surface area contributed by atoms with Crippen molar-refractivity contribution in [1.82, 2.24) is 0 Å². The Morgan fingerprint density at radius 2 is 1.89 bits per heavy atom. The minimum atomic E-state index is -0.480. The largest absolute Gasteiger partial charge is 0.496 e. The lowest BCUT2D eigenvalue weighted by Crippen LogP contribution is -2.10. The lowest BCUT2D eigenvalue weighted by Gasteiger charge is -2.19. The van der Waals surface area contributed by atoms with E-state index < -0.39 is 12.4 Å². The number of ether oxygens (including phenoxy) is 4. The Bertz CT molecular complexity index is 940. The average Bonchev–Trinajstić information content (AvgIpc) is 2.68. The van der Waals surface area contributed by atoms with Gasteiger partial charge in [-0.3, -0.25) is 4.79 Å². The van der Waals surface area contributed by atoms with Gasteiger partial charge in [0.2, 0.25) is 5.78 Å². The third kappa shape index (κ3) is 4.33. The first kappa shape index (κ1) is 21.8. The van der Waals surface area contributed by atoms with Gasteiger partial charge in [-0.1, -0.05) is 31.4 Å². The quantitative estimate of drug-likeness (QED) is 0.326. The molecule has 0 unspecified atom stereocenters. The second-order valence-electron chi connectivity index (χ2n) is 6.22. The van der Waals surface area contributed by atoms with Gasteiger partial charge in [0.25, 0.3) is 0 Å². The van der Waals surface area contributed by atoms with Crippen LogP contribution in [0.25, 0.3) is 10.8 Å². The predicted molar refractivity (Wildman–Crippen MR) is 107 cm³/mol. The van der Waals surface area contributed by atoms with Crippen LogP contribution in [0, 0.1) is 17.8 Å². The molecule has 6 nitrogen and oxygen atoms in total. The summed E-state index contributed by atoms with van der Waals surface area (Å²) in [6.45, 7) is 3.24. The van der Waals surface area contributed by atoms with Crippen LogP contribution in [0.15, 0.2) is 12.1 Å². The van der Waals surface area contributed by atoms with Gasteiger partial charge in [-0.2, -0.15) is 0 Å². The minimum absolute atomic E-state index is 0.00870. The van der Waals surface area contributed by atoms with Crippen LogP contribution in [0.1, 0.15) is 29.8 Å². The maximum Gasteiger partial charge on any atom is 0.240 e. The molecule has 0 atom stereocenters. The fourth-order valence-electron chi connectivity index (χ4n) is 2.79. The van der Waals surface area contributed by atoms with Crippen molar-refractivity contribution in [3.63, 3.8) is 0 Å². The molecule has 0 fully saturated rings. The van der Waals surface area contributed by atoms with Gasteiger partial charge in [0, 0.05) is 24.5 Å². The number of carbonyl (C=O) groups excluding carboxylic acids is 1. The van der Waals surface area contributed by atoms with Crippen LogP contribution in [0.2, 0.25) is 5.02 Å². The molecule has 0 amide bonds. The molecule has 0 heterocycles. The number of methoxy groups -OCH3 is 3. The van der Waals surface area contributed by atoms with Crippen LogP contribution in [0.5, 0.6) is 17.2 Å². The van der Waals surface area contributed by atoms with Gasteiger partial charge in [-0.25, -0.2) is 0 Å². The molecular formula is C21H23ClO6. The Balaban J connectivity index is 2.98. The molecule has 0 aliphatic rings. The van der Waals surface area contributed by atoms with Crippen LogP contribution in [-0.4, -0.2) is 39.0 Å². The summed E-state index contributed by atoms with van der Waals surface area (Å²) in [6.07, 6.45) is 0. The number of aliphatic hydroxyl groups excluding tert-OH is 1. The molecule has 0 aliphatic carbocycles. The molecule has 1 N–H and O–H groups in total. The number of hydrogen-bond donors (Lipinski definition) is 1. The summed E-state index contributed by atoms with van der Waals surface area (Å²) in [5.41, 5.74) is 0.493. The topological polar surface area (TPSA) is 74.2 Å². The summed E-state index contributed by atoms with van der Waals surface area (Å²) >= 11 is 6.35. The van der Waals surface area contributed by atoms with E-state index in [9.17, 15) is 9.90 Å². The molecule has 0 aliphatic heterocycles. The highest BCUT2D eigenvalue weighted by molar-refractivity contribution is 6.34. The van der Waals surface area contributed by atoms with Crippen LogP contribution >= 0.6 is 11.6 Å². The fraction of sp³-hybridized carbons (Fsp3) is 0.381. The normalized spacial score (nSPS) is 10.6. The number of rotatable bonds is 7. The molecule has 7 heteroatoms. The SMILES string of the molecule is COCOc1c(C(=O)C#CC(C)C)c(CO)cc2c(OC)cc(Cl)c(OC)c12. The molecule has 0 saturated heterocycles. The first-order valence-electron chi connectivity index (χ1n) is 8.58. The van der Waals surface area contributed by atoms with Crippen LogP contribution in [0.3, 0.4) is 0 Å². The summed E-state index contributed by atoms with van der Waals surface area (Å²) < 4.78 is 21.7. The average molecular weight is 407 g/mol. The molecular weight excluding hydrogens is 384 g/mol. The molecule has 0 radical (unpaired) electrons. The zero-order chi connectivity index (χ0) is 20.8. The molecule has 28 heavy (non-hydrogen) atoms. The molecule has 2 aromatic rings. The summed E-state index contributed by atoms with van der Waals surface area (Å²) in [5.74, 6) is 5.92. The monoisotopic (exact) mass is 406 g/mol. The van der Waals surface area contributed by atoms with Crippen molar-refractivity contribution >= 4 is 28.2 Å². The number of hydrogen-bond acceptors (Lipinski definition) is 6. The first-order valence-corrected chi connectivity index (χ1v) is 8.95. The first-order chi connectivity index (χ1) is 13.4. The summed E-state index contributed by atoms with van der Waals surface area (Å²) in [4.78, 5) is 12.9. The highest BCUT2D eigenvalue weighted by Crippen LogP contribution is 2.46.